The van der Waals surface area contributed by atoms with Gasteiger partial charge in [0.05, 0.1) is 0 Å². The van der Waals surface area contributed by atoms with Gasteiger partial charge in [-0.15, -0.1) is 0 Å². The van der Waals surface area contributed by atoms with Crippen LogP contribution in [0.5, 0.6) is 0 Å². The number of nitrogens with one attached hydrogen (secondary N) is 1. The first-order valence-corrected chi connectivity index (χ1v) is 7.21. The minimum Gasteiger partial charge on any atom is -0.313 e. The van der Waals surface area contributed by atoms with Crippen molar-refractivity contribution in [2.45, 2.75) is 32.2 Å². The van der Waals surface area contributed by atoms with Crippen LogP contribution in [0.3, 0.4) is 0 Å². The molecule has 0 aromatic heterocycles. The van der Waals surface area contributed by atoms with Gasteiger partial charge in [-0.1, -0.05) is 30.3 Å². The van der Waals surface area contributed by atoms with Gasteiger partial charge in [-0.2, -0.15) is 0 Å². The zero-order valence-corrected chi connectivity index (χ0v) is 11.7. The topological polar surface area (TPSA) is 15.3 Å². The van der Waals surface area contributed by atoms with Crippen LogP contribution in [-0.2, 0) is 6.42 Å². The van der Waals surface area contributed by atoms with Crippen LogP contribution in [0, 0.1) is 5.92 Å². The molecule has 1 aromatic rings. The molecule has 0 heterocycles. The molecule has 0 radical (unpaired) electrons. The highest BCUT2D eigenvalue weighted by molar-refractivity contribution is 5.14. The molecule has 0 spiro atoms. The summed E-state index contributed by atoms with van der Waals surface area (Å²) in [5, 5.41) is 3.63. The van der Waals surface area contributed by atoms with E-state index >= 15 is 0 Å². The molecule has 2 rings (SSSR count). The van der Waals surface area contributed by atoms with E-state index in [0.29, 0.717) is 6.04 Å². The average Bonchev–Trinajstić information content (AvgIpc) is 3.22. The van der Waals surface area contributed by atoms with Gasteiger partial charge in [-0.05, 0) is 44.7 Å². The smallest absolute Gasteiger partial charge is 0.0104 e. The Hall–Kier alpha value is -0.860. The first-order chi connectivity index (χ1) is 8.75. The van der Waals surface area contributed by atoms with E-state index in [1.165, 1.54) is 18.4 Å². The number of nitrogens with zero attached hydrogens (tertiary/aromatic N) is 1. The Kier molecular flexibility index (Phi) is 5.21. The van der Waals surface area contributed by atoms with Crippen LogP contribution in [0.15, 0.2) is 30.3 Å². The predicted octanol–water partition coefficient (Wildman–Crippen LogP) is 2.55. The predicted molar refractivity (Wildman–Crippen MR) is 77.8 cm³/mol. The van der Waals surface area contributed by atoms with Crippen molar-refractivity contribution in [1.29, 1.82) is 0 Å². The van der Waals surface area contributed by atoms with Crippen molar-refractivity contribution in [2.75, 3.05) is 26.7 Å². The SMILES string of the molecule is CC(NCCN(C)CCc1ccccc1)C1CC1. The Morgan fingerprint density at radius 2 is 1.94 bits per heavy atom. The van der Waals surface area contributed by atoms with Crippen molar-refractivity contribution < 1.29 is 0 Å². The molecule has 1 unspecified atom stereocenters. The molecule has 1 N–H and O–H groups in total. The fraction of sp³-hybridized carbons (Fsp3) is 0.625. The monoisotopic (exact) mass is 246 g/mol. The van der Waals surface area contributed by atoms with E-state index in [2.05, 4.69) is 54.5 Å². The largest absolute Gasteiger partial charge is 0.313 e. The van der Waals surface area contributed by atoms with E-state index in [1.807, 2.05) is 0 Å². The van der Waals surface area contributed by atoms with Crippen molar-refractivity contribution in [3.8, 4) is 0 Å². The molecule has 0 amide bonds. The van der Waals surface area contributed by atoms with E-state index in [0.717, 1.165) is 32.0 Å². The summed E-state index contributed by atoms with van der Waals surface area (Å²) < 4.78 is 0. The van der Waals surface area contributed by atoms with Crippen LogP contribution in [0.25, 0.3) is 0 Å². The third-order valence-corrected chi connectivity index (χ3v) is 3.91. The van der Waals surface area contributed by atoms with Gasteiger partial charge < -0.3 is 10.2 Å². The molecule has 2 heteroatoms. The van der Waals surface area contributed by atoms with Crippen LogP contribution >= 0.6 is 0 Å². The minimum atomic E-state index is 0.715. The zero-order valence-electron chi connectivity index (χ0n) is 11.7. The average molecular weight is 246 g/mol. The summed E-state index contributed by atoms with van der Waals surface area (Å²) in [7, 11) is 2.21. The normalized spacial score (nSPS) is 17.1. The first kappa shape index (κ1) is 13.6. The molecule has 1 aliphatic rings. The van der Waals surface area contributed by atoms with Gasteiger partial charge in [-0.3, -0.25) is 0 Å². The van der Waals surface area contributed by atoms with Gasteiger partial charge in [-0.25, -0.2) is 0 Å². The van der Waals surface area contributed by atoms with E-state index < -0.39 is 0 Å². The number of rotatable bonds is 8. The summed E-state index contributed by atoms with van der Waals surface area (Å²) >= 11 is 0. The van der Waals surface area contributed by atoms with Crippen LogP contribution in [-0.4, -0.2) is 37.6 Å². The van der Waals surface area contributed by atoms with Crippen molar-refractivity contribution in [3.05, 3.63) is 35.9 Å². The number of benzene rings is 1. The highest BCUT2D eigenvalue weighted by atomic mass is 15.1. The summed E-state index contributed by atoms with van der Waals surface area (Å²) in [4.78, 5) is 2.42. The summed E-state index contributed by atoms with van der Waals surface area (Å²) in [6, 6.07) is 11.5. The lowest BCUT2D eigenvalue weighted by Gasteiger charge is -2.19. The Balaban J connectivity index is 1.56. The number of likely N-dealkylation sites (N-methyl/N-ethyl adjacent to an activating group) is 1. The summed E-state index contributed by atoms with van der Waals surface area (Å²) in [6.07, 6.45) is 4.01. The summed E-state index contributed by atoms with van der Waals surface area (Å²) in [5.74, 6) is 0.958. The third kappa shape index (κ3) is 4.79. The van der Waals surface area contributed by atoms with Crippen LogP contribution in [0.4, 0.5) is 0 Å². The third-order valence-electron chi connectivity index (χ3n) is 3.91. The molecular weight excluding hydrogens is 220 g/mol. The second-order valence-corrected chi connectivity index (χ2v) is 5.62. The Labute approximate surface area is 111 Å². The molecule has 1 atom stereocenters. The minimum absolute atomic E-state index is 0.715. The van der Waals surface area contributed by atoms with Crippen LogP contribution < -0.4 is 5.32 Å². The number of hydrogen-bond donors (Lipinski definition) is 1. The molecule has 0 aliphatic heterocycles. The lowest BCUT2D eigenvalue weighted by Crippen LogP contribution is -2.36. The molecule has 1 fully saturated rings. The van der Waals surface area contributed by atoms with Crippen molar-refractivity contribution >= 4 is 0 Å². The van der Waals surface area contributed by atoms with Gasteiger partial charge in [0.15, 0.2) is 0 Å². The lowest BCUT2D eigenvalue weighted by atomic mass is 10.1. The first-order valence-electron chi connectivity index (χ1n) is 7.21. The maximum atomic E-state index is 3.63. The van der Waals surface area contributed by atoms with Crippen molar-refractivity contribution in [1.82, 2.24) is 10.2 Å². The van der Waals surface area contributed by atoms with Crippen LogP contribution in [0.1, 0.15) is 25.3 Å². The molecule has 1 saturated carbocycles. The fourth-order valence-electron chi connectivity index (χ4n) is 2.32. The molecule has 1 aliphatic carbocycles. The van der Waals surface area contributed by atoms with E-state index in [1.54, 1.807) is 0 Å². The van der Waals surface area contributed by atoms with Gasteiger partial charge in [0.2, 0.25) is 0 Å². The molecule has 1 aromatic carbocycles. The Morgan fingerprint density at radius 1 is 1.22 bits per heavy atom. The highest BCUT2D eigenvalue weighted by Gasteiger charge is 2.27. The molecule has 2 nitrogen and oxygen atoms in total. The van der Waals surface area contributed by atoms with Gasteiger partial charge in [0.25, 0.3) is 0 Å². The van der Waals surface area contributed by atoms with Gasteiger partial charge >= 0.3 is 0 Å². The Bertz CT molecular complexity index is 332. The maximum absolute atomic E-state index is 3.63. The van der Waals surface area contributed by atoms with Crippen LogP contribution in [0.2, 0.25) is 0 Å². The van der Waals surface area contributed by atoms with Gasteiger partial charge in [0, 0.05) is 25.7 Å². The van der Waals surface area contributed by atoms with E-state index in [-0.39, 0.29) is 0 Å². The number of hydrogen-bond acceptors (Lipinski definition) is 2. The molecule has 0 bridgehead atoms. The van der Waals surface area contributed by atoms with E-state index in [9.17, 15) is 0 Å². The Morgan fingerprint density at radius 3 is 2.61 bits per heavy atom. The van der Waals surface area contributed by atoms with Gasteiger partial charge in [0.1, 0.15) is 0 Å². The highest BCUT2D eigenvalue weighted by Crippen LogP contribution is 2.32. The second-order valence-electron chi connectivity index (χ2n) is 5.62. The summed E-state index contributed by atoms with van der Waals surface area (Å²) in [6.45, 7) is 5.72. The standard InChI is InChI=1S/C16H26N2/c1-14(16-8-9-16)17-11-13-18(2)12-10-15-6-4-3-5-7-15/h3-7,14,16-17H,8-13H2,1-2H3. The van der Waals surface area contributed by atoms with Crippen molar-refractivity contribution in [3.63, 3.8) is 0 Å². The molecular formula is C16H26N2. The van der Waals surface area contributed by atoms with Crippen molar-refractivity contribution in [2.24, 2.45) is 5.92 Å². The molecule has 0 saturated heterocycles. The van der Waals surface area contributed by atoms with E-state index in [4.69, 9.17) is 0 Å². The zero-order chi connectivity index (χ0) is 12.8. The fourth-order valence-corrected chi connectivity index (χ4v) is 2.32. The lowest BCUT2D eigenvalue weighted by molar-refractivity contribution is 0.325. The molecule has 18 heavy (non-hydrogen) atoms. The quantitative estimate of drug-likeness (QED) is 0.758. The second kappa shape index (κ2) is 6.91. The molecule has 100 valence electrons. The maximum Gasteiger partial charge on any atom is 0.0104 e. The summed E-state index contributed by atoms with van der Waals surface area (Å²) in [5.41, 5.74) is 1.43.